The van der Waals surface area contributed by atoms with Crippen LogP contribution in [0.4, 0.5) is 0 Å². The molecule has 0 bridgehead atoms. The molecule has 0 unspecified atom stereocenters. The second kappa shape index (κ2) is 8.33. The van der Waals surface area contributed by atoms with E-state index >= 15 is 0 Å². The minimum absolute atomic E-state index is 0.911. The molecule has 0 fully saturated rings. The Morgan fingerprint density at radius 3 is 1.95 bits per heavy atom. The Kier molecular flexibility index (Phi) is 4.65. The second-order valence-corrected chi connectivity index (χ2v) is 12.2. The van der Waals surface area contributed by atoms with Crippen LogP contribution in [0.15, 0.2) is 120 Å². The molecule has 0 saturated heterocycles. The molecule has 0 aliphatic heterocycles. The summed E-state index contributed by atoms with van der Waals surface area (Å²) < 4.78 is 11.8. The number of benzene rings is 6. The molecule has 41 heavy (non-hydrogen) atoms. The zero-order valence-electron chi connectivity index (χ0n) is 22.7. The van der Waals surface area contributed by atoms with Gasteiger partial charge in [-0.05, 0) is 73.5 Å². The van der Waals surface area contributed by atoms with E-state index in [2.05, 4.69) is 134 Å². The number of para-hydroxylation sites is 1. The van der Waals surface area contributed by atoms with Gasteiger partial charge >= 0.3 is 0 Å². The predicted molar refractivity (Wildman–Crippen MR) is 176 cm³/mol. The van der Waals surface area contributed by atoms with Crippen molar-refractivity contribution in [2.24, 2.45) is 0 Å². The average molecular weight is 544 g/mol. The van der Waals surface area contributed by atoms with E-state index in [1.807, 2.05) is 11.3 Å². The van der Waals surface area contributed by atoms with E-state index in [1.54, 1.807) is 0 Å². The van der Waals surface area contributed by atoms with Crippen molar-refractivity contribution in [1.29, 1.82) is 0 Å². The summed E-state index contributed by atoms with van der Waals surface area (Å²) in [5.41, 5.74) is 10.3. The van der Waals surface area contributed by atoms with Gasteiger partial charge in [-0.2, -0.15) is 0 Å². The van der Waals surface area contributed by atoms with Gasteiger partial charge in [0.2, 0.25) is 0 Å². The van der Waals surface area contributed by atoms with Crippen LogP contribution in [0.25, 0.3) is 80.7 Å². The number of nitrogens with zero attached hydrogens (tertiary/aromatic N) is 1. The first-order valence-electron chi connectivity index (χ1n) is 14.0. The SMILES string of the molecule is Cc1ccc2c(c1)c1cc(C)ccc1n2-c1cccc2c1oc1cccc(-c3cccc4sc5ccccc5c34)c12. The van der Waals surface area contributed by atoms with E-state index in [4.69, 9.17) is 4.42 Å². The normalized spacial score (nSPS) is 12.1. The molecule has 0 N–H and O–H groups in total. The number of hydrogen-bond acceptors (Lipinski definition) is 2. The van der Waals surface area contributed by atoms with Crippen LogP contribution in [0.5, 0.6) is 0 Å². The number of aryl methyl sites for hydroxylation is 2. The van der Waals surface area contributed by atoms with Crippen LogP contribution in [-0.2, 0) is 0 Å². The summed E-state index contributed by atoms with van der Waals surface area (Å²) in [4.78, 5) is 0. The van der Waals surface area contributed by atoms with Crippen LogP contribution in [0, 0.1) is 13.8 Å². The average Bonchev–Trinajstić information content (AvgIpc) is 3.66. The molecule has 194 valence electrons. The topological polar surface area (TPSA) is 18.1 Å². The van der Waals surface area contributed by atoms with Crippen LogP contribution in [-0.4, -0.2) is 4.57 Å². The second-order valence-electron chi connectivity index (χ2n) is 11.1. The monoisotopic (exact) mass is 543 g/mol. The lowest BCUT2D eigenvalue weighted by Gasteiger charge is -2.09. The van der Waals surface area contributed by atoms with E-state index < -0.39 is 0 Å². The first-order valence-corrected chi connectivity index (χ1v) is 14.8. The van der Waals surface area contributed by atoms with Gasteiger partial charge in [0.1, 0.15) is 5.58 Å². The highest BCUT2D eigenvalue weighted by Crippen LogP contribution is 2.45. The highest BCUT2D eigenvalue weighted by Gasteiger charge is 2.20. The number of hydrogen-bond donors (Lipinski definition) is 0. The Balaban J connectivity index is 1.39. The smallest absolute Gasteiger partial charge is 0.159 e. The van der Waals surface area contributed by atoms with E-state index in [0.29, 0.717) is 0 Å². The Bertz CT molecular complexity index is 2450. The first kappa shape index (κ1) is 22.9. The lowest BCUT2D eigenvalue weighted by molar-refractivity contribution is 0.666. The largest absolute Gasteiger partial charge is 0.454 e. The summed E-state index contributed by atoms with van der Waals surface area (Å²) in [6, 6.07) is 42.0. The standard InChI is InChI=1S/C38H25NOS/c1-22-16-18-30-28(20-22)29-21-23(2)17-19-31(29)39(30)32-12-5-11-27-36-24(9-6-13-33(36)40-38(27)32)25-10-7-15-35-37(25)26-8-3-4-14-34(26)41-35/h3-21H,1-2H3. The molecule has 0 spiro atoms. The van der Waals surface area contributed by atoms with Gasteiger partial charge in [0, 0.05) is 41.7 Å². The third kappa shape index (κ3) is 3.18. The third-order valence-corrected chi connectivity index (χ3v) is 9.65. The van der Waals surface area contributed by atoms with Crippen LogP contribution in [0.2, 0.25) is 0 Å². The van der Waals surface area contributed by atoms with Crippen molar-refractivity contribution in [3.8, 4) is 16.8 Å². The molecule has 0 radical (unpaired) electrons. The molecule has 6 aromatic carbocycles. The summed E-state index contributed by atoms with van der Waals surface area (Å²) in [5, 5.41) is 7.48. The minimum Gasteiger partial charge on any atom is -0.454 e. The van der Waals surface area contributed by atoms with Gasteiger partial charge in [0.15, 0.2) is 5.58 Å². The Labute approximate surface area is 240 Å². The number of fused-ring (bicyclic) bond motifs is 9. The summed E-state index contributed by atoms with van der Waals surface area (Å²) in [6.45, 7) is 4.33. The van der Waals surface area contributed by atoms with E-state index in [1.165, 1.54) is 69.6 Å². The molecule has 0 aliphatic carbocycles. The van der Waals surface area contributed by atoms with Crippen LogP contribution in [0.3, 0.4) is 0 Å². The summed E-state index contributed by atoms with van der Waals surface area (Å²) in [6.07, 6.45) is 0. The molecule has 0 saturated carbocycles. The van der Waals surface area contributed by atoms with E-state index in [-0.39, 0.29) is 0 Å². The highest BCUT2D eigenvalue weighted by molar-refractivity contribution is 7.25. The van der Waals surface area contributed by atoms with E-state index in [9.17, 15) is 0 Å². The molecular formula is C38H25NOS. The highest BCUT2D eigenvalue weighted by atomic mass is 32.1. The van der Waals surface area contributed by atoms with Crippen molar-refractivity contribution in [1.82, 2.24) is 4.57 Å². The van der Waals surface area contributed by atoms with Crippen molar-refractivity contribution in [3.63, 3.8) is 0 Å². The molecule has 3 heterocycles. The fraction of sp³-hybridized carbons (Fsp3) is 0.0526. The Morgan fingerprint density at radius 2 is 1.17 bits per heavy atom. The number of furan rings is 1. The van der Waals surface area contributed by atoms with Crippen molar-refractivity contribution < 1.29 is 4.42 Å². The maximum atomic E-state index is 6.78. The van der Waals surface area contributed by atoms with E-state index in [0.717, 1.165) is 22.2 Å². The van der Waals surface area contributed by atoms with Gasteiger partial charge in [-0.15, -0.1) is 11.3 Å². The van der Waals surface area contributed by atoms with Crippen molar-refractivity contribution in [2.75, 3.05) is 0 Å². The Morgan fingerprint density at radius 1 is 0.537 bits per heavy atom. The molecule has 0 atom stereocenters. The molecule has 2 nitrogen and oxygen atoms in total. The number of thiophene rings is 1. The van der Waals surface area contributed by atoms with Gasteiger partial charge in [-0.25, -0.2) is 0 Å². The molecule has 3 aromatic heterocycles. The first-order chi connectivity index (χ1) is 20.2. The lowest BCUT2D eigenvalue weighted by Crippen LogP contribution is -1.94. The molecule has 9 aromatic rings. The molecular weight excluding hydrogens is 518 g/mol. The summed E-state index contributed by atoms with van der Waals surface area (Å²) in [7, 11) is 0. The Hall–Kier alpha value is -4.86. The molecule has 9 rings (SSSR count). The van der Waals surface area contributed by atoms with Crippen LogP contribution in [0.1, 0.15) is 11.1 Å². The maximum Gasteiger partial charge on any atom is 0.159 e. The van der Waals surface area contributed by atoms with Crippen molar-refractivity contribution >= 4 is 75.3 Å². The van der Waals surface area contributed by atoms with Crippen molar-refractivity contribution in [3.05, 3.63) is 126 Å². The van der Waals surface area contributed by atoms with Gasteiger partial charge in [0.05, 0.1) is 16.7 Å². The van der Waals surface area contributed by atoms with Gasteiger partial charge in [0.25, 0.3) is 0 Å². The number of rotatable bonds is 2. The lowest BCUT2D eigenvalue weighted by atomic mass is 9.95. The summed E-state index contributed by atoms with van der Waals surface area (Å²) in [5.74, 6) is 0. The molecule has 3 heteroatoms. The third-order valence-electron chi connectivity index (χ3n) is 8.51. The fourth-order valence-corrected chi connectivity index (χ4v) is 7.88. The molecule has 0 aliphatic rings. The zero-order valence-corrected chi connectivity index (χ0v) is 23.5. The quantitative estimate of drug-likeness (QED) is 0.212. The predicted octanol–water partition coefficient (Wildman–Crippen LogP) is 11.3. The zero-order chi connectivity index (χ0) is 27.2. The van der Waals surface area contributed by atoms with Crippen LogP contribution < -0.4 is 0 Å². The van der Waals surface area contributed by atoms with Crippen LogP contribution >= 0.6 is 11.3 Å². The fourth-order valence-electron chi connectivity index (χ4n) is 6.74. The summed E-state index contributed by atoms with van der Waals surface area (Å²) >= 11 is 1.86. The number of aromatic nitrogens is 1. The maximum absolute atomic E-state index is 6.78. The van der Waals surface area contributed by atoms with Gasteiger partial charge < -0.3 is 8.98 Å². The minimum atomic E-state index is 0.911. The van der Waals surface area contributed by atoms with Gasteiger partial charge in [-0.3, -0.25) is 0 Å². The van der Waals surface area contributed by atoms with Gasteiger partial charge in [-0.1, -0.05) is 77.9 Å². The molecule has 0 amide bonds. The van der Waals surface area contributed by atoms with Crippen molar-refractivity contribution in [2.45, 2.75) is 13.8 Å².